The Labute approximate surface area is 134 Å². The molecule has 0 unspecified atom stereocenters. The van der Waals surface area contributed by atoms with E-state index >= 15 is 0 Å². The highest BCUT2D eigenvalue weighted by molar-refractivity contribution is 5.84. The number of amides is 1. The first-order valence-electron chi connectivity index (χ1n) is 7.41. The lowest BCUT2D eigenvalue weighted by Crippen LogP contribution is -2.28. The molecule has 0 saturated heterocycles. The smallest absolute Gasteiger partial charge is 0.244 e. The van der Waals surface area contributed by atoms with E-state index in [1.807, 2.05) is 57.2 Å². The van der Waals surface area contributed by atoms with Gasteiger partial charge < -0.3 is 11.1 Å². The summed E-state index contributed by atoms with van der Waals surface area (Å²) in [5.41, 5.74) is 9.95. The summed E-state index contributed by atoms with van der Waals surface area (Å²) in [5.74, 6) is 0.246. The molecule has 0 aliphatic carbocycles. The number of aryl methyl sites for hydroxylation is 3. The van der Waals surface area contributed by atoms with Crippen LogP contribution in [0.25, 0.3) is 5.65 Å². The summed E-state index contributed by atoms with van der Waals surface area (Å²) in [4.78, 5) is 16.4. The number of carbonyl (C=O) groups is 1. The second-order valence-corrected chi connectivity index (χ2v) is 5.62. The zero-order chi connectivity index (χ0) is 16.6. The Kier molecular flexibility index (Phi) is 3.73. The Morgan fingerprint density at radius 3 is 2.57 bits per heavy atom. The maximum absolute atomic E-state index is 11.9. The maximum Gasteiger partial charge on any atom is 0.244 e. The molecule has 23 heavy (non-hydrogen) atoms. The first-order chi connectivity index (χ1) is 11.0. The van der Waals surface area contributed by atoms with Gasteiger partial charge in [-0.1, -0.05) is 30.3 Å². The van der Waals surface area contributed by atoms with Gasteiger partial charge >= 0.3 is 0 Å². The van der Waals surface area contributed by atoms with Gasteiger partial charge in [-0.15, -0.1) is 0 Å². The maximum atomic E-state index is 11.9. The Balaban J connectivity index is 2.09. The van der Waals surface area contributed by atoms with Crippen LogP contribution in [0.1, 0.15) is 28.6 Å². The molecule has 3 aromatic rings. The third-order valence-electron chi connectivity index (χ3n) is 3.89. The van der Waals surface area contributed by atoms with Gasteiger partial charge in [-0.05, 0) is 26.3 Å². The summed E-state index contributed by atoms with van der Waals surface area (Å²) in [6.45, 7) is 5.83. The first-order valence-corrected chi connectivity index (χ1v) is 7.41. The van der Waals surface area contributed by atoms with Crippen molar-refractivity contribution in [2.24, 2.45) is 5.73 Å². The van der Waals surface area contributed by atoms with Crippen LogP contribution in [-0.4, -0.2) is 20.5 Å². The quantitative estimate of drug-likeness (QED) is 0.774. The molecule has 0 fully saturated rings. The van der Waals surface area contributed by atoms with Crippen LogP contribution in [0.5, 0.6) is 0 Å². The van der Waals surface area contributed by atoms with Gasteiger partial charge in [-0.2, -0.15) is 9.61 Å². The number of rotatable bonds is 4. The van der Waals surface area contributed by atoms with Crippen LogP contribution >= 0.6 is 0 Å². The van der Waals surface area contributed by atoms with Crippen molar-refractivity contribution in [3.63, 3.8) is 0 Å². The molecular weight excluding hydrogens is 290 g/mol. The van der Waals surface area contributed by atoms with Crippen LogP contribution in [-0.2, 0) is 4.79 Å². The van der Waals surface area contributed by atoms with Crippen LogP contribution in [0.3, 0.4) is 0 Å². The number of aromatic nitrogens is 3. The zero-order valence-electron chi connectivity index (χ0n) is 13.4. The Morgan fingerprint density at radius 1 is 1.22 bits per heavy atom. The van der Waals surface area contributed by atoms with Crippen LogP contribution < -0.4 is 11.1 Å². The Bertz CT molecular complexity index is 870. The molecule has 3 rings (SSSR count). The summed E-state index contributed by atoms with van der Waals surface area (Å²) in [6.07, 6.45) is 0. The number of carbonyl (C=O) groups excluding carboxylic acids is 1. The lowest BCUT2D eigenvalue weighted by molar-refractivity contribution is -0.118. The van der Waals surface area contributed by atoms with Crippen molar-refractivity contribution in [1.29, 1.82) is 0 Å². The van der Waals surface area contributed by atoms with Gasteiger partial charge in [-0.3, -0.25) is 4.79 Å². The van der Waals surface area contributed by atoms with Gasteiger partial charge in [0.1, 0.15) is 11.9 Å². The summed E-state index contributed by atoms with van der Waals surface area (Å²) in [7, 11) is 0. The van der Waals surface area contributed by atoms with E-state index < -0.39 is 11.9 Å². The van der Waals surface area contributed by atoms with Crippen LogP contribution in [0.15, 0.2) is 36.4 Å². The minimum absolute atomic E-state index is 0.445. The van der Waals surface area contributed by atoms with Gasteiger partial charge in [0.05, 0.1) is 5.69 Å². The first kappa shape index (κ1) is 15.0. The molecule has 1 amide bonds. The second kappa shape index (κ2) is 5.72. The largest absolute Gasteiger partial charge is 0.368 e. The van der Waals surface area contributed by atoms with E-state index in [0.717, 1.165) is 28.2 Å². The van der Waals surface area contributed by atoms with Crippen molar-refractivity contribution >= 4 is 17.4 Å². The fourth-order valence-electron chi connectivity index (χ4n) is 2.57. The van der Waals surface area contributed by atoms with E-state index in [1.54, 1.807) is 4.52 Å². The fraction of sp³-hybridized carbons (Fsp3) is 0.235. The number of fused-ring (bicyclic) bond motifs is 1. The number of anilines is 1. The molecule has 118 valence electrons. The molecule has 0 saturated carbocycles. The van der Waals surface area contributed by atoms with Gasteiger partial charge in [0.15, 0.2) is 5.65 Å². The van der Waals surface area contributed by atoms with Crippen molar-refractivity contribution in [2.45, 2.75) is 26.8 Å². The summed E-state index contributed by atoms with van der Waals surface area (Å²) in [5, 5.41) is 7.70. The number of nitrogens with two attached hydrogens (primary N) is 1. The van der Waals surface area contributed by atoms with Crippen molar-refractivity contribution in [1.82, 2.24) is 14.6 Å². The normalized spacial score (nSPS) is 12.3. The monoisotopic (exact) mass is 309 g/mol. The molecule has 3 N–H and O–H groups in total. The molecule has 1 atom stereocenters. The number of benzene rings is 1. The highest BCUT2D eigenvalue weighted by atomic mass is 16.1. The average Bonchev–Trinajstić information content (AvgIpc) is 2.81. The van der Waals surface area contributed by atoms with E-state index in [-0.39, 0.29) is 0 Å². The van der Waals surface area contributed by atoms with E-state index in [1.165, 1.54) is 0 Å². The summed E-state index contributed by atoms with van der Waals surface area (Å²) < 4.78 is 1.72. The summed E-state index contributed by atoms with van der Waals surface area (Å²) in [6, 6.07) is 10.6. The molecule has 2 aromatic heterocycles. The molecule has 6 heteroatoms. The van der Waals surface area contributed by atoms with Gasteiger partial charge in [0.2, 0.25) is 5.91 Å². The number of primary amides is 1. The lowest BCUT2D eigenvalue weighted by Gasteiger charge is -2.18. The van der Waals surface area contributed by atoms with E-state index in [9.17, 15) is 4.79 Å². The average molecular weight is 309 g/mol. The lowest BCUT2D eigenvalue weighted by atomic mass is 10.1. The highest BCUT2D eigenvalue weighted by Crippen LogP contribution is 2.23. The van der Waals surface area contributed by atoms with Crippen LogP contribution in [0.2, 0.25) is 0 Å². The number of hydrogen-bond acceptors (Lipinski definition) is 4. The molecule has 0 aliphatic rings. The van der Waals surface area contributed by atoms with E-state index in [2.05, 4.69) is 15.4 Å². The third kappa shape index (κ3) is 2.75. The molecule has 0 spiro atoms. The topological polar surface area (TPSA) is 85.3 Å². The third-order valence-corrected chi connectivity index (χ3v) is 3.89. The van der Waals surface area contributed by atoms with Crippen LogP contribution in [0, 0.1) is 20.8 Å². The predicted octanol–water partition coefficient (Wildman–Crippen LogP) is 2.29. The van der Waals surface area contributed by atoms with Crippen molar-refractivity contribution < 1.29 is 4.79 Å². The van der Waals surface area contributed by atoms with Crippen molar-refractivity contribution in [3.8, 4) is 0 Å². The molecule has 1 aromatic carbocycles. The number of nitrogens with zero attached hydrogens (tertiary/aromatic N) is 3. The molecule has 0 bridgehead atoms. The van der Waals surface area contributed by atoms with Gasteiger partial charge in [0.25, 0.3) is 0 Å². The minimum atomic E-state index is -0.633. The number of nitrogens with one attached hydrogen (secondary N) is 1. The molecule has 0 radical (unpaired) electrons. The SMILES string of the molecule is Cc1cc(N[C@H](C(N)=O)c2ccccc2)n2nc(C)c(C)c2n1. The standard InChI is InChI=1S/C17H19N5O/c1-10-9-14(22-17(19-10)11(2)12(3)21-22)20-15(16(18)23)13-7-5-4-6-8-13/h4-9,15,20H,1-3H3,(H2,18,23)/t15-/m0/s1. The van der Waals surface area contributed by atoms with Crippen LogP contribution in [0.4, 0.5) is 5.82 Å². The second-order valence-electron chi connectivity index (χ2n) is 5.62. The Morgan fingerprint density at radius 2 is 1.91 bits per heavy atom. The molecule has 0 aliphatic heterocycles. The molecule has 6 nitrogen and oxygen atoms in total. The van der Waals surface area contributed by atoms with Crippen molar-refractivity contribution in [3.05, 3.63) is 58.9 Å². The molecule has 2 heterocycles. The van der Waals surface area contributed by atoms with Gasteiger partial charge in [0, 0.05) is 17.3 Å². The van der Waals surface area contributed by atoms with E-state index in [4.69, 9.17) is 5.73 Å². The Hall–Kier alpha value is -2.89. The zero-order valence-corrected chi connectivity index (χ0v) is 13.4. The predicted molar refractivity (Wildman–Crippen MR) is 89.2 cm³/mol. The van der Waals surface area contributed by atoms with Crippen molar-refractivity contribution in [2.75, 3.05) is 5.32 Å². The number of hydrogen-bond donors (Lipinski definition) is 2. The fourth-order valence-corrected chi connectivity index (χ4v) is 2.57. The highest BCUT2D eigenvalue weighted by Gasteiger charge is 2.20. The molecular formula is C17H19N5O. The van der Waals surface area contributed by atoms with E-state index in [0.29, 0.717) is 5.82 Å². The van der Waals surface area contributed by atoms with Gasteiger partial charge in [-0.25, -0.2) is 4.98 Å². The summed E-state index contributed by atoms with van der Waals surface area (Å²) >= 11 is 0. The minimum Gasteiger partial charge on any atom is -0.368 e.